The van der Waals surface area contributed by atoms with E-state index >= 15 is 0 Å². The Hall–Kier alpha value is -0.790. The number of halogens is 4. The molecule has 1 saturated heterocycles. The van der Waals surface area contributed by atoms with Crippen LogP contribution in [0.15, 0.2) is 22.7 Å². The smallest absolute Gasteiger partial charge is 0.422 e. The van der Waals surface area contributed by atoms with Crippen LogP contribution < -0.4 is 4.74 Å². The predicted octanol–water partition coefficient (Wildman–Crippen LogP) is 3.22. The van der Waals surface area contributed by atoms with Crippen LogP contribution in [0.4, 0.5) is 13.2 Å². The molecule has 0 aromatic heterocycles. The number of morpholine rings is 1. The van der Waals surface area contributed by atoms with Crippen LogP contribution in [0.1, 0.15) is 5.56 Å². The van der Waals surface area contributed by atoms with Gasteiger partial charge >= 0.3 is 6.18 Å². The molecule has 3 nitrogen and oxygen atoms in total. The molecule has 112 valence electrons. The molecule has 0 bridgehead atoms. The van der Waals surface area contributed by atoms with Gasteiger partial charge in [-0.15, -0.1) is 0 Å². The van der Waals surface area contributed by atoms with E-state index in [0.29, 0.717) is 24.2 Å². The highest BCUT2D eigenvalue weighted by atomic mass is 79.9. The SMILES string of the molecule is FC(F)(F)COc1c(Br)cccc1CN1CCOCC1. The maximum atomic E-state index is 12.3. The fourth-order valence-electron chi connectivity index (χ4n) is 1.99. The van der Waals surface area contributed by atoms with Crippen LogP contribution in [-0.2, 0) is 11.3 Å². The van der Waals surface area contributed by atoms with Gasteiger partial charge in [0.2, 0.25) is 0 Å². The number of rotatable bonds is 4. The second kappa shape index (κ2) is 6.78. The van der Waals surface area contributed by atoms with Crippen molar-refractivity contribution in [2.45, 2.75) is 12.7 Å². The second-order valence-electron chi connectivity index (χ2n) is 4.52. The third-order valence-electron chi connectivity index (χ3n) is 2.93. The van der Waals surface area contributed by atoms with Crippen LogP contribution in [0.25, 0.3) is 0 Å². The summed E-state index contributed by atoms with van der Waals surface area (Å²) in [5, 5.41) is 0. The first-order valence-electron chi connectivity index (χ1n) is 6.23. The number of alkyl halides is 3. The second-order valence-corrected chi connectivity index (χ2v) is 5.37. The zero-order chi connectivity index (χ0) is 14.6. The molecule has 1 heterocycles. The lowest BCUT2D eigenvalue weighted by Crippen LogP contribution is -2.35. The van der Waals surface area contributed by atoms with Crippen molar-refractivity contribution in [1.82, 2.24) is 4.90 Å². The average molecular weight is 354 g/mol. The zero-order valence-electron chi connectivity index (χ0n) is 10.8. The van der Waals surface area contributed by atoms with Crippen molar-refractivity contribution in [1.29, 1.82) is 0 Å². The van der Waals surface area contributed by atoms with Gasteiger partial charge in [0.1, 0.15) is 5.75 Å². The Morgan fingerprint density at radius 1 is 1.25 bits per heavy atom. The maximum absolute atomic E-state index is 12.3. The minimum Gasteiger partial charge on any atom is -0.483 e. The molecular weight excluding hydrogens is 339 g/mol. The largest absolute Gasteiger partial charge is 0.483 e. The molecule has 7 heteroatoms. The third kappa shape index (κ3) is 4.64. The lowest BCUT2D eigenvalue weighted by atomic mass is 10.2. The molecule has 1 aliphatic heterocycles. The van der Waals surface area contributed by atoms with Gasteiger partial charge in [0, 0.05) is 25.2 Å². The number of hydrogen-bond acceptors (Lipinski definition) is 3. The predicted molar refractivity (Wildman–Crippen MR) is 71.8 cm³/mol. The minimum absolute atomic E-state index is 0.260. The molecule has 0 atom stereocenters. The molecule has 0 spiro atoms. The van der Waals surface area contributed by atoms with Crippen molar-refractivity contribution < 1.29 is 22.6 Å². The summed E-state index contributed by atoms with van der Waals surface area (Å²) in [6.07, 6.45) is -4.34. The zero-order valence-corrected chi connectivity index (χ0v) is 12.3. The first-order valence-corrected chi connectivity index (χ1v) is 7.02. The Kier molecular flexibility index (Phi) is 5.29. The van der Waals surface area contributed by atoms with Gasteiger partial charge in [0.05, 0.1) is 17.7 Å². The van der Waals surface area contributed by atoms with Crippen molar-refractivity contribution in [3.05, 3.63) is 28.2 Å². The lowest BCUT2D eigenvalue weighted by molar-refractivity contribution is -0.153. The number of ether oxygens (including phenoxy) is 2. The van der Waals surface area contributed by atoms with Gasteiger partial charge in [-0.2, -0.15) is 13.2 Å². The molecule has 2 rings (SSSR count). The van der Waals surface area contributed by atoms with Gasteiger partial charge in [0.15, 0.2) is 6.61 Å². The fourth-order valence-corrected chi connectivity index (χ4v) is 2.52. The molecule has 20 heavy (non-hydrogen) atoms. The van der Waals surface area contributed by atoms with Gasteiger partial charge < -0.3 is 9.47 Å². The van der Waals surface area contributed by atoms with Crippen molar-refractivity contribution in [2.75, 3.05) is 32.9 Å². The molecule has 0 N–H and O–H groups in total. The summed E-state index contributed by atoms with van der Waals surface area (Å²) in [6.45, 7) is 2.09. The molecule has 1 fully saturated rings. The summed E-state index contributed by atoms with van der Waals surface area (Å²) in [5.41, 5.74) is 0.741. The van der Waals surface area contributed by atoms with Gasteiger partial charge in [-0.25, -0.2) is 0 Å². The lowest BCUT2D eigenvalue weighted by Gasteiger charge is -2.27. The quantitative estimate of drug-likeness (QED) is 0.829. The van der Waals surface area contributed by atoms with Crippen molar-refractivity contribution in [3.8, 4) is 5.75 Å². The molecule has 1 aromatic carbocycles. The number of nitrogens with zero attached hydrogens (tertiary/aromatic N) is 1. The molecule has 0 saturated carbocycles. The standard InChI is InChI=1S/C13H15BrF3NO2/c14-11-3-1-2-10(8-18-4-6-19-7-5-18)12(11)20-9-13(15,16)17/h1-3H,4-9H2. The molecule has 0 radical (unpaired) electrons. The molecular formula is C13H15BrF3NO2. The maximum Gasteiger partial charge on any atom is 0.422 e. The van der Waals surface area contributed by atoms with E-state index in [1.807, 2.05) is 0 Å². The molecule has 0 amide bonds. The first kappa shape index (κ1) is 15.6. The number of benzene rings is 1. The highest BCUT2D eigenvalue weighted by Crippen LogP contribution is 2.31. The molecule has 1 aromatic rings. The highest BCUT2D eigenvalue weighted by Gasteiger charge is 2.29. The summed E-state index contributed by atoms with van der Waals surface area (Å²) in [5.74, 6) is 0.260. The van der Waals surface area contributed by atoms with Gasteiger partial charge in [-0.05, 0) is 22.0 Å². The van der Waals surface area contributed by atoms with Crippen LogP contribution in [0.3, 0.4) is 0 Å². The molecule has 0 aliphatic carbocycles. The van der Waals surface area contributed by atoms with E-state index in [9.17, 15) is 13.2 Å². The summed E-state index contributed by atoms with van der Waals surface area (Å²) in [7, 11) is 0. The first-order chi connectivity index (χ1) is 9.46. The minimum atomic E-state index is -4.34. The van der Waals surface area contributed by atoms with E-state index in [1.54, 1.807) is 18.2 Å². The normalized spacial score (nSPS) is 17.2. The van der Waals surface area contributed by atoms with Crippen LogP contribution in [0, 0.1) is 0 Å². The van der Waals surface area contributed by atoms with E-state index in [4.69, 9.17) is 9.47 Å². The van der Waals surface area contributed by atoms with Crippen LogP contribution in [-0.4, -0.2) is 44.0 Å². The van der Waals surface area contributed by atoms with Gasteiger partial charge in [0.25, 0.3) is 0 Å². The van der Waals surface area contributed by atoms with E-state index < -0.39 is 12.8 Å². The van der Waals surface area contributed by atoms with Crippen LogP contribution in [0.2, 0.25) is 0 Å². The third-order valence-corrected chi connectivity index (χ3v) is 3.55. The van der Waals surface area contributed by atoms with Crippen molar-refractivity contribution in [2.24, 2.45) is 0 Å². The van der Waals surface area contributed by atoms with Crippen LogP contribution >= 0.6 is 15.9 Å². The van der Waals surface area contributed by atoms with Crippen LogP contribution in [0.5, 0.6) is 5.75 Å². The highest BCUT2D eigenvalue weighted by molar-refractivity contribution is 9.10. The monoisotopic (exact) mass is 353 g/mol. The number of hydrogen-bond donors (Lipinski definition) is 0. The average Bonchev–Trinajstić information content (AvgIpc) is 2.38. The summed E-state index contributed by atoms with van der Waals surface area (Å²) < 4.78 is 47.6. The Bertz CT molecular complexity index is 448. The van der Waals surface area contributed by atoms with Gasteiger partial charge in [-0.1, -0.05) is 12.1 Å². The van der Waals surface area contributed by atoms with E-state index in [2.05, 4.69) is 20.8 Å². The summed E-state index contributed by atoms with van der Waals surface area (Å²) in [6, 6.07) is 5.25. The van der Waals surface area contributed by atoms with E-state index in [1.165, 1.54) is 0 Å². The van der Waals surface area contributed by atoms with E-state index in [-0.39, 0.29) is 5.75 Å². The van der Waals surface area contributed by atoms with Gasteiger partial charge in [-0.3, -0.25) is 4.90 Å². The summed E-state index contributed by atoms with van der Waals surface area (Å²) in [4.78, 5) is 2.13. The molecule has 0 unspecified atom stereocenters. The number of para-hydroxylation sites is 1. The topological polar surface area (TPSA) is 21.7 Å². The Morgan fingerprint density at radius 2 is 1.95 bits per heavy atom. The fraction of sp³-hybridized carbons (Fsp3) is 0.538. The van der Waals surface area contributed by atoms with E-state index in [0.717, 1.165) is 18.7 Å². The Balaban J connectivity index is 2.08. The summed E-state index contributed by atoms with van der Waals surface area (Å²) >= 11 is 3.24. The Labute approximate surface area is 123 Å². The van der Waals surface area contributed by atoms with Crippen molar-refractivity contribution in [3.63, 3.8) is 0 Å². The Morgan fingerprint density at radius 3 is 2.60 bits per heavy atom. The van der Waals surface area contributed by atoms with Crippen molar-refractivity contribution >= 4 is 15.9 Å². The molecule has 1 aliphatic rings.